The fourth-order valence-corrected chi connectivity index (χ4v) is 3.10. The molecule has 0 saturated heterocycles. The van der Waals surface area contributed by atoms with Crippen molar-refractivity contribution in [3.63, 3.8) is 0 Å². The van der Waals surface area contributed by atoms with E-state index in [4.69, 9.17) is 15.0 Å². The van der Waals surface area contributed by atoms with E-state index in [2.05, 4.69) is 15.5 Å². The number of aromatic nitrogens is 2. The van der Waals surface area contributed by atoms with Gasteiger partial charge < -0.3 is 25.2 Å². The van der Waals surface area contributed by atoms with Gasteiger partial charge in [0.1, 0.15) is 11.6 Å². The third kappa shape index (κ3) is 4.75. The van der Waals surface area contributed by atoms with Crippen LogP contribution in [0.5, 0.6) is 0 Å². The molecule has 1 heterocycles. The van der Waals surface area contributed by atoms with E-state index in [-0.39, 0.29) is 12.5 Å². The number of methoxy groups -OCH3 is 1. The minimum absolute atomic E-state index is 0.181. The smallest absolute Gasteiger partial charge is 0.240 e. The molecule has 1 fully saturated rings. The molecule has 0 bridgehead atoms. The summed E-state index contributed by atoms with van der Waals surface area (Å²) >= 11 is 0. The van der Waals surface area contributed by atoms with E-state index >= 15 is 0 Å². The largest absolute Gasteiger partial charge is 0.383 e. The predicted octanol–water partition coefficient (Wildman–Crippen LogP) is 0.771. The first-order valence-corrected chi connectivity index (χ1v) is 8.51. The molecule has 24 heavy (non-hydrogen) atoms. The summed E-state index contributed by atoms with van der Waals surface area (Å²) in [5, 5.41) is 7.26. The van der Waals surface area contributed by atoms with Crippen molar-refractivity contribution in [3.8, 4) is 0 Å². The quantitative estimate of drug-likeness (QED) is 0.707. The summed E-state index contributed by atoms with van der Waals surface area (Å²) in [6.45, 7) is 0.750. The van der Waals surface area contributed by atoms with E-state index in [9.17, 15) is 4.79 Å². The van der Waals surface area contributed by atoms with Crippen LogP contribution in [0.15, 0.2) is 4.52 Å². The van der Waals surface area contributed by atoms with Gasteiger partial charge in [-0.1, -0.05) is 30.8 Å². The third-order valence-electron chi connectivity index (χ3n) is 4.35. The van der Waals surface area contributed by atoms with Gasteiger partial charge in [0.15, 0.2) is 5.82 Å². The first-order valence-electron chi connectivity index (χ1n) is 8.51. The second kappa shape index (κ2) is 8.55. The minimum atomic E-state index is -0.705. The monoisotopic (exact) mass is 339 g/mol. The molecule has 0 spiro atoms. The summed E-state index contributed by atoms with van der Waals surface area (Å²) in [7, 11) is 5.41. The highest BCUT2D eigenvalue weighted by Gasteiger charge is 2.39. The lowest BCUT2D eigenvalue weighted by Crippen LogP contribution is -2.53. The molecule has 1 aliphatic carbocycles. The lowest BCUT2D eigenvalue weighted by molar-refractivity contribution is -0.125. The van der Waals surface area contributed by atoms with Gasteiger partial charge in [0.2, 0.25) is 11.8 Å². The van der Waals surface area contributed by atoms with Crippen LogP contribution in [0, 0.1) is 0 Å². The fraction of sp³-hybridized carbons (Fsp3) is 0.812. The number of nitrogens with one attached hydrogen (secondary N) is 1. The summed E-state index contributed by atoms with van der Waals surface area (Å²) in [6.07, 6.45) is 5.89. The first kappa shape index (κ1) is 18.8. The van der Waals surface area contributed by atoms with Gasteiger partial charge in [-0.2, -0.15) is 4.98 Å². The van der Waals surface area contributed by atoms with Gasteiger partial charge >= 0.3 is 0 Å². The van der Waals surface area contributed by atoms with Crippen LogP contribution in [-0.2, 0) is 21.6 Å². The molecule has 2 rings (SSSR count). The lowest BCUT2D eigenvalue weighted by Gasteiger charge is -2.31. The Kier molecular flexibility index (Phi) is 6.70. The maximum absolute atomic E-state index is 12.5. The molecule has 1 saturated carbocycles. The van der Waals surface area contributed by atoms with Crippen molar-refractivity contribution in [2.75, 3.05) is 27.8 Å². The van der Waals surface area contributed by atoms with E-state index in [0.717, 1.165) is 38.5 Å². The fourth-order valence-electron chi connectivity index (χ4n) is 3.10. The summed E-state index contributed by atoms with van der Waals surface area (Å²) in [5.41, 5.74) is 5.28. The highest BCUT2D eigenvalue weighted by molar-refractivity contribution is 5.82. The average Bonchev–Trinajstić information content (AvgIpc) is 2.86. The van der Waals surface area contributed by atoms with E-state index in [1.54, 1.807) is 0 Å². The molecule has 0 aliphatic heterocycles. The van der Waals surface area contributed by atoms with Crippen molar-refractivity contribution in [1.29, 1.82) is 0 Å². The topological polar surface area (TPSA) is 107 Å². The number of hydrogen-bond donors (Lipinski definition) is 2. The zero-order chi connectivity index (χ0) is 17.6. The molecule has 136 valence electrons. The molecule has 1 unspecified atom stereocenters. The SMILES string of the molecule is COCC(N)C(=O)NC1(c2noc(CN(C)C)n2)CCCCCC1. The van der Waals surface area contributed by atoms with Crippen LogP contribution in [0.25, 0.3) is 0 Å². The average molecular weight is 339 g/mol. The standard InChI is InChI=1S/C16H29N5O3/c1-21(2)10-13-18-15(20-24-13)16(8-6-4-5-7-9-16)19-14(22)12(17)11-23-3/h12H,4-11,17H2,1-3H3,(H,19,22). The Morgan fingerprint density at radius 1 is 1.38 bits per heavy atom. The number of carbonyl (C=O) groups excluding carboxylic acids is 1. The van der Waals surface area contributed by atoms with Crippen LogP contribution < -0.4 is 11.1 Å². The van der Waals surface area contributed by atoms with Crippen molar-refractivity contribution in [2.45, 2.75) is 56.7 Å². The van der Waals surface area contributed by atoms with Gasteiger partial charge in [-0.3, -0.25) is 4.79 Å². The number of rotatable bonds is 7. The Balaban J connectivity index is 2.22. The second-order valence-electron chi connectivity index (χ2n) is 6.80. The summed E-state index contributed by atoms with van der Waals surface area (Å²) in [6, 6.07) is -0.705. The molecular formula is C16H29N5O3. The van der Waals surface area contributed by atoms with E-state index in [1.165, 1.54) is 7.11 Å². The van der Waals surface area contributed by atoms with Gasteiger partial charge in [-0.25, -0.2) is 0 Å². The molecule has 1 aromatic heterocycles. The number of carbonyl (C=O) groups is 1. The second-order valence-corrected chi connectivity index (χ2v) is 6.80. The number of amides is 1. The zero-order valence-electron chi connectivity index (χ0n) is 14.9. The van der Waals surface area contributed by atoms with Crippen LogP contribution in [0.2, 0.25) is 0 Å². The lowest BCUT2D eigenvalue weighted by atomic mass is 9.88. The van der Waals surface area contributed by atoms with Crippen LogP contribution in [0.3, 0.4) is 0 Å². The Morgan fingerprint density at radius 3 is 2.62 bits per heavy atom. The van der Waals surface area contributed by atoms with Gasteiger partial charge in [-0.15, -0.1) is 0 Å². The molecule has 0 aromatic carbocycles. The van der Waals surface area contributed by atoms with Crippen LogP contribution in [0.4, 0.5) is 0 Å². The summed E-state index contributed by atoms with van der Waals surface area (Å²) < 4.78 is 10.4. The molecule has 1 aliphatic rings. The molecule has 3 N–H and O–H groups in total. The maximum atomic E-state index is 12.5. The summed E-state index contributed by atoms with van der Waals surface area (Å²) in [5.74, 6) is 0.867. The third-order valence-corrected chi connectivity index (χ3v) is 4.35. The van der Waals surface area contributed by atoms with Crippen molar-refractivity contribution in [3.05, 3.63) is 11.7 Å². The van der Waals surface area contributed by atoms with Gasteiger partial charge in [-0.05, 0) is 26.9 Å². The van der Waals surface area contributed by atoms with Crippen molar-refractivity contribution in [1.82, 2.24) is 20.4 Å². The number of hydrogen-bond acceptors (Lipinski definition) is 7. The molecule has 0 radical (unpaired) electrons. The Labute approximate surface area is 143 Å². The molecule has 1 aromatic rings. The number of nitrogens with two attached hydrogens (primary N) is 1. The number of ether oxygens (including phenoxy) is 1. The molecule has 1 atom stereocenters. The van der Waals surface area contributed by atoms with Gasteiger partial charge in [0, 0.05) is 7.11 Å². The van der Waals surface area contributed by atoms with E-state index in [0.29, 0.717) is 18.3 Å². The zero-order valence-corrected chi connectivity index (χ0v) is 14.9. The minimum Gasteiger partial charge on any atom is -0.383 e. The normalized spacial score (nSPS) is 19.0. The Bertz CT molecular complexity index is 524. The molecule has 1 amide bonds. The van der Waals surface area contributed by atoms with Crippen LogP contribution >= 0.6 is 0 Å². The van der Waals surface area contributed by atoms with Crippen molar-refractivity contribution < 1.29 is 14.1 Å². The molecular weight excluding hydrogens is 310 g/mol. The highest BCUT2D eigenvalue weighted by Crippen LogP contribution is 2.34. The predicted molar refractivity (Wildman–Crippen MR) is 89.1 cm³/mol. The van der Waals surface area contributed by atoms with Crippen molar-refractivity contribution >= 4 is 5.91 Å². The Hall–Kier alpha value is -1.51. The van der Waals surface area contributed by atoms with Gasteiger partial charge in [0.25, 0.3) is 0 Å². The first-order chi connectivity index (χ1) is 11.5. The van der Waals surface area contributed by atoms with E-state index in [1.807, 2.05) is 19.0 Å². The van der Waals surface area contributed by atoms with Crippen LogP contribution in [-0.4, -0.2) is 54.8 Å². The number of nitrogens with zero attached hydrogens (tertiary/aromatic N) is 3. The highest BCUT2D eigenvalue weighted by atomic mass is 16.5. The Morgan fingerprint density at radius 2 is 2.04 bits per heavy atom. The summed E-state index contributed by atoms with van der Waals surface area (Å²) in [4.78, 5) is 19.0. The van der Waals surface area contributed by atoms with E-state index < -0.39 is 11.6 Å². The van der Waals surface area contributed by atoms with Gasteiger partial charge in [0.05, 0.1) is 13.2 Å². The molecule has 8 nitrogen and oxygen atoms in total. The van der Waals surface area contributed by atoms with Crippen LogP contribution in [0.1, 0.15) is 50.2 Å². The maximum Gasteiger partial charge on any atom is 0.240 e. The van der Waals surface area contributed by atoms with Crippen molar-refractivity contribution in [2.24, 2.45) is 5.73 Å². The molecule has 8 heteroatoms.